The topological polar surface area (TPSA) is 8.17 Å². The molecule has 1 unspecified atom stereocenters. The van der Waals surface area contributed by atoms with E-state index in [0.29, 0.717) is 0 Å². The lowest BCUT2D eigenvalue weighted by Gasteiger charge is -2.42. The van der Waals surface area contributed by atoms with Crippen LogP contribution < -0.4 is 4.90 Å². The summed E-state index contributed by atoms with van der Waals surface area (Å²) in [6, 6.07) is 87.3. The van der Waals surface area contributed by atoms with Crippen LogP contribution in [0.4, 0.5) is 17.1 Å². The van der Waals surface area contributed by atoms with Crippen LogP contribution in [0, 0.1) is 0 Å². The van der Waals surface area contributed by atoms with Crippen molar-refractivity contribution in [2.45, 2.75) is 12.3 Å². The monoisotopic (exact) mass is 814 g/mol. The van der Waals surface area contributed by atoms with Gasteiger partial charge in [-0.25, -0.2) is 0 Å². The normalized spacial score (nSPS) is 14.7. The number of hydrogen-bond donors (Lipinski definition) is 0. The van der Waals surface area contributed by atoms with Gasteiger partial charge in [0.2, 0.25) is 0 Å². The third-order valence-electron chi connectivity index (χ3n) is 13.9. The van der Waals surface area contributed by atoms with E-state index in [0.717, 1.165) is 11.4 Å². The number of benzene rings is 10. The summed E-state index contributed by atoms with van der Waals surface area (Å²) in [5.74, 6) is 0. The standard InChI is InChI=1S/C62H42N2/c1-62-54-30-13-11-26-51(54)52-29-17-33-59(61(52)62)64(49-25-15-22-43(39-49)47-37-45(41-18-5-2-6-19-41)36-46(38-47)42-20-7-3-8-21-42)57-35-34-44(40-55(57)62)50-28-16-32-58-60(50)53-27-12-14-31-56(53)63(58)48-23-9-4-10-24-48/h2-40H,1H3. The van der Waals surface area contributed by atoms with Crippen molar-refractivity contribution >= 4 is 38.9 Å². The van der Waals surface area contributed by atoms with Crippen molar-refractivity contribution in [1.29, 1.82) is 0 Å². The van der Waals surface area contributed by atoms with Gasteiger partial charge in [0.1, 0.15) is 0 Å². The molecule has 0 saturated heterocycles. The molecule has 1 atom stereocenters. The molecule has 0 fully saturated rings. The number of fused-ring (bicyclic) bond motifs is 8. The van der Waals surface area contributed by atoms with E-state index in [1.165, 1.54) is 106 Å². The summed E-state index contributed by atoms with van der Waals surface area (Å²) in [4.78, 5) is 2.52. The lowest BCUT2D eigenvalue weighted by atomic mass is 9.70. The molecule has 0 spiro atoms. The molecule has 0 N–H and O–H groups in total. The van der Waals surface area contributed by atoms with Gasteiger partial charge in [0.25, 0.3) is 0 Å². The van der Waals surface area contributed by atoms with E-state index in [4.69, 9.17) is 0 Å². The van der Waals surface area contributed by atoms with Crippen LogP contribution in [0.5, 0.6) is 0 Å². The van der Waals surface area contributed by atoms with Crippen LogP contribution >= 0.6 is 0 Å². The number of para-hydroxylation sites is 2. The highest BCUT2D eigenvalue weighted by Gasteiger charge is 2.48. The lowest BCUT2D eigenvalue weighted by molar-refractivity contribution is 0.702. The Balaban J connectivity index is 1.03. The molecule has 1 aliphatic carbocycles. The first-order valence-electron chi connectivity index (χ1n) is 22.3. The number of nitrogens with zero attached hydrogens (tertiary/aromatic N) is 2. The molecule has 0 bridgehead atoms. The average molecular weight is 815 g/mol. The van der Waals surface area contributed by atoms with Gasteiger partial charge in [-0.1, -0.05) is 164 Å². The Hall–Kier alpha value is -8.20. The molecular weight excluding hydrogens is 773 g/mol. The molecule has 2 heteroatoms. The Morgan fingerprint density at radius 1 is 0.328 bits per heavy atom. The van der Waals surface area contributed by atoms with E-state index in [2.05, 4.69) is 253 Å². The van der Waals surface area contributed by atoms with Crippen molar-refractivity contribution in [1.82, 2.24) is 4.57 Å². The van der Waals surface area contributed by atoms with Gasteiger partial charge >= 0.3 is 0 Å². The zero-order chi connectivity index (χ0) is 42.4. The molecule has 2 heterocycles. The molecule has 0 radical (unpaired) electrons. The van der Waals surface area contributed by atoms with Gasteiger partial charge in [-0.3, -0.25) is 0 Å². The first-order valence-corrected chi connectivity index (χ1v) is 22.3. The van der Waals surface area contributed by atoms with E-state index in [1.807, 2.05) is 0 Å². The molecule has 300 valence electrons. The summed E-state index contributed by atoms with van der Waals surface area (Å²) < 4.78 is 2.41. The van der Waals surface area contributed by atoms with Crippen molar-refractivity contribution in [3.63, 3.8) is 0 Å². The minimum Gasteiger partial charge on any atom is -0.310 e. The summed E-state index contributed by atoms with van der Waals surface area (Å²) >= 11 is 0. The second-order valence-corrected chi connectivity index (χ2v) is 17.4. The van der Waals surface area contributed by atoms with Crippen molar-refractivity contribution in [3.8, 4) is 61.3 Å². The van der Waals surface area contributed by atoms with Crippen molar-refractivity contribution in [3.05, 3.63) is 253 Å². The predicted octanol–water partition coefficient (Wildman–Crippen LogP) is 16.6. The van der Waals surface area contributed by atoms with Crippen molar-refractivity contribution in [2.24, 2.45) is 0 Å². The molecule has 10 aromatic carbocycles. The van der Waals surface area contributed by atoms with Crippen LogP contribution in [0.25, 0.3) is 83.1 Å². The Bertz CT molecular complexity index is 3560. The quantitative estimate of drug-likeness (QED) is 0.162. The van der Waals surface area contributed by atoms with Crippen LogP contribution in [0.1, 0.15) is 23.6 Å². The second-order valence-electron chi connectivity index (χ2n) is 17.4. The van der Waals surface area contributed by atoms with E-state index in [9.17, 15) is 0 Å². The van der Waals surface area contributed by atoms with Gasteiger partial charge in [-0.2, -0.15) is 0 Å². The molecular formula is C62H42N2. The molecule has 0 amide bonds. The lowest BCUT2D eigenvalue weighted by Crippen LogP contribution is -2.32. The van der Waals surface area contributed by atoms with Crippen LogP contribution in [0.15, 0.2) is 237 Å². The van der Waals surface area contributed by atoms with Gasteiger partial charge in [-0.15, -0.1) is 0 Å². The minimum absolute atomic E-state index is 0.373. The minimum atomic E-state index is -0.373. The van der Waals surface area contributed by atoms with E-state index >= 15 is 0 Å². The molecule has 1 aromatic heterocycles. The molecule has 1 aliphatic heterocycles. The molecule has 11 aromatic rings. The highest BCUT2D eigenvalue weighted by molar-refractivity contribution is 6.16. The van der Waals surface area contributed by atoms with Crippen LogP contribution in [-0.2, 0) is 5.41 Å². The van der Waals surface area contributed by atoms with Gasteiger partial charge < -0.3 is 9.47 Å². The van der Waals surface area contributed by atoms with E-state index in [-0.39, 0.29) is 5.41 Å². The van der Waals surface area contributed by atoms with Crippen LogP contribution in [-0.4, -0.2) is 4.57 Å². The summed E-state index contributed by atoms with van der Waals surface area (Å²) in [5, 5.41) is 2.53. The van der Waals surface area contributed by atoms with Crippen molar-refractivity contribution < 1.29 is 0 Å². The maximum atomic E-state index is 2.52. The van der Waals surface area contributed by atoms with Crippen LogP contribution in [0.2, 0.25) is 0 Å². The van der Waals surface area contributed by atoms with Gasteiger partial charge in [0.05, 0.1) is 22.4 Å². The average Bonchev–Trinajstić information content (AvgIpc) is 3.85. The number of rotatable bonds is 6. The smallest absolute Gasteiger partial charge is 0.0547 e. The Morgan fingerprint density at radius 2 is 0.891 bits per heavy atom. The van der Waals surface area contributed by atoms with E-state index < -0.39 is 0 Å². The zero-order valence-corrected chi connectivity index (χ0v) is 35.4. The molecule has 0 saturated carbocycles. The Labute approximate surface area is 373 Å². The fraction of sp³-hybridized carbons (Fsp3) is 0.0323. The number of anilines is 3. The maximum Gasteiger partial charge on any atom is 0.0547 e. The molecule has 2 aliphatic rings. The Morgan fingerprint density at radius 3 is 1.66 bits per heavy atom. The van der Waals surface area contributed by atoms with Gasteiger partial charge in [0.15, 0.2) is 0 Å². The summed E-state index contributed by atoms with van der Waals surface area (Å²) in [6.45, 7) is 2.46. The van der Waals surface area contributed by atoms with Gasteiger partial charge in [0, 0.05) is 27.6 Å². The number of hydrogen-bond acceptors (Lipinski definition) is 1. The van der Waals surface area contributed by atoms with Crippen molar-refractivity contribution in [2.75, 3.05) is 4.90 Å². The zero-order valence-electron chi connectivity index (χ0n) is 35.4. The predicted molar refractivity (Wildman–Crippen MR) is 268 cm³/mol. The molecule has 13 rings (SSSR count). The SMILES string of the molecule is CC12c3ccccc3-c3cccc(c31)N(c1cccc(-c3cc(-c4ccccc4)cc(-c4ccccc4)c3)c1)c1ccc(-c3cccc4c3c3ccccc3n4-c3ccccc3)cc12. The number of aromatic nitrogens is 1. The molecule has 64 heavy (non-hydrogen) atoms. The third kappa shape index (κ3) is 5.39. The third-order valence-corrected chi connectivity index (χ3v) is 13.9. The summed E-state index contributed by atoms with van der Waals surface area (Å²) in [7, 11) is 0. The summed E-state index contributed by atoms with van der Waals surface area (Å²) in [5.41, 5.74) is 23.1. The highest BCUT2D eigenvalue weighted by atomic mass is 15.2. The highest BCUT2D eigenvalue weighted by Crippen LogP contribution is 2.62. The largest absolute Gasteiger partial charge is 0.310 e. The Kier molecular flexibility index (Phi) is 8.07. The molecule has 2 nitrogen and oxygen atoms in total. The fourth-order valence-corrected chi connectivity index (χ4v) is 11.1. The summed E-state index contributed by atoms with van der Waals surface area (Å²) in [6.07, 6.45) is 0. The van der Waals surface area contributed by atoms with E-state index in [1.54, 1.807) is 0 Å². The van der Waals surface area contributed by atoms with Crippen LogP contribution in [0.3, 0.4) is 0 Å². The fourth-order valence-electron chi connectivity index (χ4n) is 11.1. The second kappa shape index (κ2) is 14.2. The maximum absolute atomic E-state index is 2.52. The first-order chi connectivity index (χ1) is 31.6. The van der Waals surface area contributed by atoms with Gasteiger partial charge in [-0.05, 0) is 152 Å². The first kappa shape index (κ1) is 36.5.